The molecule has 6 heteroatoms. The molecule has 1 atom stereocenters. The zero-order valence-electron chi connectivity index (χ0n) is 11.7. The van der Waals surface area contributed by atoms with Crippen molar-refractivity contribution in [2.45, 2.75) is 12.6 Å². The molecule has 1 unspecified atom stereocenters. The maximum Gasteiger partial charge on any atom is 0.0824 e. The van der Waals surface area contributed by atoms with Crippen molar-refractivity contribution >= 4 is 11.3 Å². The Morgan fingerprint density at radius 3 is 3.15 bits per heavy atom. The minimum absolute atomic E-state index is 0.182. The van der Waals surface area contributed by atoms with Gasteiger partial charge in [0.2, 0.25) is 0 Å². The summed E-state index contributed by atoms with van der Waals surface area (Å²) < 4.78 is 7.43. The third-order valence-corrected chi connectivity index (χ3v) is 4.64. The quantitative estimate of drug-likeness (QED) is 0.923. The minimum Gasteiger partial charge on any atom is -0.374 e. The molecule has 2 aromatic rings. The Balaban J connectivity index is 1.65. The van der Waals surface area contributed by atoms with E-state index in [9.17, 15) is 0 Å². The highest BCUT2D eigenvalue weighted by Gasteiger charge is 2.19. The molecule has 1 fully saturated rings. The van der Waals surface area contributed by atoms with Crippen LogP contribution >= 0.6 is 11.3 Å². The largest absolute Gasteiger partial charge is 0.374 e. The van der Waals surface area contributed by atoms with Crippen LogP contribution in [0, 0.1) is 0 Å². The van der Waals surface area contributed by atoms with Gasteiger partial charge in [0.15, 0.2) is 0 Å². The van der Waals surface area contributed by atoms with E-state index in [1.165, 1.54) is 15.3 Å². The molecular formula is C14H20N4OS. The lowest BCUT2D eigenvalue weighted by Crippen LogP contribution is -2.44. The first-order chi connectivity index (χ1) is 9.74. The van der Waals surface area contributed by atoms with E-state index in [0.717, 1.165) is 26.2 Å². The first kappa shape index (κ1) is 13.8. The Bertz CT molecular complexity index is 565. The molecule has 2 N–H and O–H groups in total. The molecule has 1 saturated heterocycles. The lowest BCUT2D eigenvalue weighted by atomic mass is 10.2. The zero-order chi connectivity index (χ0) is 13.9. The summed E-state index contributed by atoms with van der Waals surface area (Å²) in [4.78, 5) is 5.07. The van der Waals surface area contributed by atoms with Crippen molar-refractivity contribution in [2.24, 2.45) is 12.8 Å². The van der Waals surface area contributed by atoms with Crippen molar-refractivity contribution in [3.8, 4) is 10.4 Å². The molecule has 5 nitrogen and oxygen atoms in total. The summed E-state index contributed by atoms with van der Waals surface area (Å²) in [5, 5.41) is 4.22. The lowest BCUT2D eigenvalue weighted by molar-refractivity contribution is -0.0257. The summed E-state index contributed by atoms with van der Waals surface area (Å²) in [5.74, 6) is 0. The second kappa shape index (κ2) is 6.05. The molecule has 3 rings (SSSR count). The van der Waals surface area contributed by atoms with Crippen LogP contribution in [0.15, 0.2) is 24.5 Å². The minimum atomic E-state index is 0.182. The van der Waals surface area contributed by atoms with Crippen LogP contribution in [0.1, 0.15) is 4.88 Å². The summed E-state index contributed by atoms with van der Waals surface area (Å²) in [6.07, 6.45) is 4.14. The summed E-state index contributed by atoms with van der Waals surface area (Å²) in [6, 6.07) is 4.39. The van der Waals surface area contributed by atoms with Gasteiger partial charge in [0.05, 0.1) is 18.9 Å². The van der Waals surface area contributed by atoms with Crippen LogP contribution in [0.3, 0.4) is 0 Å². The number of rotatable bonds is 4. The van der Waals surface area contributed by atoms with E-state index in [-0.39, 0.29) is 6.10 Å². The number of nitrogens with two attached hydrogens (primary N) is 1. The van der Waals surface area contributed by atoms with E-state index in [0.29, 0.717) is 6.54 Å². The van der Waals surface area contributed by atoms with Gasteiger partial charge in [-0.15, -0.1) is 11.3 Å². The molecule has 1 aliphatic heterocycles. The van der Waals surface area contributed by atoms with Gasteiger partial charge < -0.3 is 10.5 Å². The third kappa shape index (κ3) is 3.09. The van der Waals surface area contributed by atoms with Gasteiger partial charge in [-0.05, 0) is 12.1 Å². The van der Waals surface area contributed by atoms with Gasteiger partial charge in [-0.25, -0.2) is 0 Å². The molecule has 0 amide bonds. The molecular weight excluding hydrogens is 272 g/mol. The van der Waals surface area contributed by atoms with E-state index >= 15 is 0 Å². The number of nitrogens with zero attached hydrogens (tertiary/aromatic N) is 3. The molecule has 1 aliphatic rings. The molecule has 0 aromatic carbocycles. The highest BCUT2D eigenvalue weighted by atomic mass is 32.1. The fraction of sp³-hybridized carbons (Fsp3) is 0.500. The molecule has 2 aromatic heterocycles. The number of thiophene rings is 1. The summed E-state index contributed by atoms with van der Waals surface area (Å²) in [6.45, 7) is 4.27. The van der Waals surface area contributed by atoms with E-state index in [1.807, 2.05) is 29.3 Å². The van der Waals surface area contributed by atoms with Crippen molar-refractivity contribution in [1.82, 2.24) is 14.7 Å². The number of aromatic nitrogens is 2. The average molecular weight is 292 g/mol. The van der Waals surface area contributed by atoms with Gasteiger partial charge in [-0.3, -0.25) is 9.58 Å². The van der Waals surface area contributed by atoms with Crippen LogP contribution < -0.4 is 5.73 Å². The van der Waals surface area contributed by atoms with Gasteiger partial charge >= 0.3 is 0 Å². The Kier molecular flexibility index (Phi) is 4.16. The van der Waals surface area contributed by atoms with Crippen LogP contribution in [0.2, 0.25) is 0 Å². The van der Waals surface area contributed by atoms with E-state index in [2.05, 4.69) is 28.3 Å². The van der Waals surface area contributed by atoms with Gasteiger partial charge in [0, 0.05) is 54.7 Å². The van der Waals surface area contributed by atoms with Gasteiger partial charge in [0.25, 0.3) is 0 Å². The molecule has 108 valence electrons. The first-order valence-electron chi connectivity index (χ1n) is 6.86. The van der Waals surface area contributed by atoms with Crippen molar-refractivity contribution < 1.29 is 4.74 Å². The molecule has 3 heterocycles. The van der Waals surface area contributed by atoms with E-state index in [4.69, 9.17) is 10.5 Å². The number of morpholine rings is 1. The Labute approximate surface area is 122 Å². The van der Waals surface area contributed by atoms with Crippen molar-refractivity contribution in [2.75, 3.05) is 26.2 Å². The van der Waals surface area contributed by atoms with Gasteiger partial charge in [-0.1, -0.05) is 0 Å². The predicted molar refractivity (Wildman–Crippen MR) is 80.6 cm³/mol. The van der Waals surface area contributed by atoms with Crippen molar-refractivity contribution in [3.05, 3.63) is 29.4 Å². The van der Waals surface area contributed by atoms with Gasteiger partial charge in [0.1, 0.15) is 0 Å². The lowest BCUT2D eigenvalue weighted by Gasteiger charge is -2.31. The first-order valence-corrected chi connectivity index (χ1v) is 7.68. The Hall–Kier alpha value is -1.21. The maximum atomic E-state index is 5.68. The summed E-state index contributed by atoms with van der Waals surface area (Å²) in [5.41, 5.74) is 6.87. The normalized spacial score (nSPS) is 20.4. The smallest absolute Gasteiger partial charge is 0.0824 e. The van der Waals surface area contributed by atoms with E-state index < -0.39 is 0 Å². The number of ether oxygens (including phenoxy) is 1. The molecule has 0 bridgehead atoms. The second-order valence-electron chi connectivity index (χ2n) is 5.13. The summed E-state index contributed by atoms with van der Waals surface area (Å²) >= 11 is 1.83. The van der Waals surface area contributed by atoms with Crippen molar-refractivity contribution in [3.63, 3.8) is 0 Å². The predicted octanol–water partition coefficient (Wildman–Crippen LogP) is 1.31. The SMILES string of the molecule is Cn1cc(-c2ccc(CN3CCOC(CN)C3)s2)cn1. The molecule has 0 saturated carbocycles. The number of hydrogen-bond donors (Lipinski definition) is 1. The number of hydrogen-bond acceptors (Lipinski definition) is 5. The van der Waals surface area contributed by atoms with Crippen LogP contribution in [0.5, 0.6) is 0 Å². The van der Waals surface area contributed by atoms with E-state index in [1.54, 1.807) is 0 Å². The topological polar surface area (TPSA) is 56.3 Å². The van der Waals surface area contributed by atoms with Crippen LogP contribution in [-0.2, 0) is 18.3 Å². The van der Waals surface area contributed by atoms with Gasteiger partial charge in [-0.2, -0.15) is 5.10 Å². The second-order valence-corrected chi connectivity index (χ2v) is 6.30. The standard InChI is InChI=1S/C14H20N4OS/c1-17-8-11(7-16-17)14-3-2-13(20-14)10-18-4-5-19-12(6-15)9-18/h2-3,7-8,12H,4-6,9-10,15H2,1H3. The monoisotopic (exact) mass is 292 g/mol. The molecule has 20 heavy (non-hydrogen) atoms. The highest BCUT2D eigenvalue weighted by molar-refractivity contribution is 7.15. The third-order valence-electron chi connectivity index (χ3n) is 3.52. The molecule has 0 aliphatic carbocycles. The Morgan fingerprint density at radius 1 is 1.50 bits per heavy atom. The van der Waals surface area contributed by atoms with Crippen LogP contribution in [0.25, 0.3) is 10.4 Å². The fourth-order valence-corrected chi connectivity index (χ4v) is 3.48. The summed E-state index contributed by atoms with van der Waals surface area (Å²) in [7, 11) is 1.94. The highest BCUT2D eigenvalue weighted by Crippen LogP contribution is 2.28. The average Bonchev–Trinajstić information content (AvgIpc) is 3.08. The maximum absolute atomic E-state index is 5.68. The Morgan fingerprint density at radius 2 is 2.40 bits per heavy atom. The molecule has 0 radical (unpaired) electrons. The number of aryl methyl sites for hydroxylation is 1. The fourth-order valence-electron chi connectivity index (χ4n) is 2.45. The zero-order valence-corrected chi connectivity index (χ0v) is 12.5. The molecule has 0 spiro atoms. The van der Waals surface area contributed by atoms with Crippen LogP contribution in [0.4, 0.5) is 0 Å². The van der Waals surface area contributed by atoms with Crippen LogP contribution in [-0.4, -0.2) is 47.0 Å². The van der Waals surface area contributed by atoms with Crippen molar-refractivity contribution in [1.29, 1.82) is 0 Å².